The average Bonchev–Trinajstić information content (AvgIpc) is 2.75. The summed E-state index contributed by atoms with van der Waals surface area (Å²) in [5, 5.41) is 3.57. The molecule has 1 N–H and O–H groups in total. The first-order chi connectivity index (χ1) is 14.9. The van der Waals surface area contributed by atoms with Crippen LogP contribution in [0.5, 0.6) is 17.2 Å². The summed E-state index contributed by atoms with van der Waals surface area (Å²) in [7, 11) is 4.73. The standard InChI is InChI=1S/C24H27NO6/c1-14-10-20(30-5)23-15(2)17(24(27)31-21(23)11-14)13-22(26)25-9-8-16-6-7-18(28-3)19(12-16)29-4/h6-7,10-12H,8-9,13H2,1-5H3,(H,25,26). The quantitative estimate of drug-likeness (QED) is 0.557. The Hall–Kier alpha value is -3.48. The first kappa shape index (κ1) is 22.2. The lowest BCUT2D eigenvalue weighted by atomic mass is 10.0. The van der Waals surface area contributed by atoms with Crippen LogP contribution in [0.2, 0.25) is 0 Å². The molecule has 0 bridgehead atoms. The molecule has 31 heavy (non-hydrogen) atoms. The van der Waals surface area contributed by atoms with Crippen molar-refractivity contribution < 1.29 is 23.4 Å². The van der Waals surface area contributed by atoms with Crippen LogP contribution in [0.3, 0.4) is 0 Å². The summed E-state index contributed by atoms with van der Waals surface area (Å²) < 4.78 is 21.5. The van der Waals surface area contributed by atoms with Crippen molar-refractivity contribution in [3.05, 3.63) is 63.0 Å². The van der Waals surface area contributed by atoms with Crippen LogP contribution in [-0.2, 0) is 17.6 Å². The highest BCUT2D eigenvalue weighted by molar-refractivity contribution is 5.89. The van der Waals surface area contributed by atoms with Gasteiger partial charge in [-0.25, -0.2) is 4.79 Å². The Bertz CT molecular complexity index is 1160. The van der Waals surface area contributed by atoms with Crippen molar-refractivity contribution in [1.29, 1.82) is 0 Å². The maximum absolute atomic E-state index is 12.5. The first-order valence-corrected chi connectivity index (χ1v) is 9.96. The van der Waals surface area contributed by atoms with Gasteiger partial charge in [-0.2, -0.15) is 0 Å². The van der Waals surface area contributed by atoms with Gasteiger partial charge in [-0.05, 0) is 61.2 Å². The lowest BCUT2D eigenvalue weighted by Crippen LogP contribution is -2.29. The summed E-state index contributed by atoms with van der Waals surface area (Å²) in [6.07, 6.45) is 0.553. The number of hydrogen-bond donors (Lipinski definition) is 1. The minimum absolute atomic E-state index is 0.0624. The molecule has 3 aromatic rings. The van der Waals surface area contributed by atoms with Crippen LogP contribution in [-0.4, -0.2) is 33.8 Å². The van der Waals surface area contributed by atoms with Gasteiger partial charge in [0.15, 0.2) is 11.5 Å². The number of carbonyl (C=O) groups is 1. The molecule has 1 heterocycles. The molecule has 1 amide bonds. The van der Waals surface area contributed by atoms with Crippen molar-refractivity contribution in [2.45, 2.75) is 26.7 Å². The maximum Gasteiger partial charge on any atom is 0.340 e. The van der Waals surface area contributed by atoms with Gasteiger partial charge in [0, 0.05) is 6.54 Å². The molecule has 0 saturated carbocycles. The number of benzene rings is 2. The largest absolute Gasteiger partial charge is 0.496 e. The molecule has 0 fully saturated rings. The second-order valence-electron chi connectivity index (χ2n) is 7.30. The highest BCUT2D eigenvalue weighted by Crippen LogP contribution is 2.31. The van der Waals surface area contributed by atoms with E-state index in [1.165, 1.54) is 0 Å². The molecule has 0 spiro atoms. The third-order valence-electron chi connectivity index (χ3n) is 5.23. The summed E-state index contributed by atoms with van der Waals surface area (Å²) in [6.45, 7) is 4.13. The van der Waals surface area contributed by atoms with Gasteiger partial charge >= 0.3 is 5.63 Å². The zero-order chi connectivity index (χ0) is 22.5. The fraction of sp³-hybridized carbons (Fsp3) is 0.333. The van der Waals surface area contributed by atoms with Gasteiger partial charge in [0.25, 0.3) is 0 Å². The van der Waals surface area contributed by atoms with E-state index >= 15 is 0 Å². The van der Waals surface area contributed by atoms with E-state index in [2.05, 4.69) is 5.32 Å². The number of amides is 1. The highest BCUT2D eigenvalue weighted by Gasteiger charge is 2.18. The first-order valence-electron chi connectivity index (χ1n) is 9.96. The summed E-state index contributed by atoms with van der Waals surface area (Å²) >= 11 is 0. The molecule has 0 aliphatic carbocycles. The third-order valence-corrected chi connectivity index (χ3v) is 5.23. The summed E-state index contributed by atoms with van der Waals surface area (Å²) in [4.78, 5) is 25.0. The molecular formula is C24H27NO6. The van der Waals surface area contributed by atoms with Gasteiger partial charge in [0.05, 0.1) is 38.7 Å². The second-order valence-corrected chi connectivity index (χ2v) is 7.30. The van der Waals surface area contributed by atoms with Crippen molar-refractivity contribution >= 4 is 16.9 Å². The molecule has 0 unspecified atom stereocenters. The van der Waals surface area contributed by atoms with E-state index < -0.39 is 5.63 Å². The van der Waals surface area contributed by atoms with Crippen LogP contribution >= 0.6 is 0 Å². The summed E-state index contributed by atoms with van der Waals surface area (Å²) in [6, 6.07) is 9.29. The van der Waals surface area contributed by atoms with E-state index in [4.69, 9.17) is 18.6 Å². The van der Waals surface area contributed by atoms with Crippen molar-refractivity contribution in [3.63, 3.8) is 0 Å². The molecular weight excluding hydrogens is 398 g/mol. The number of hydrogen-bond acceptors (Lipinski definition) is 6. The predicted octanol–water partition coefficient (Wildman–Crippen LogP) is 3.34. The Balaban J connectivity index is 1.72. The van der Waals surface area contributed by atoms with Crippen molar-refractivity contribution in [1.82, 2.24) is 5.32 Å². The Kier molecular flexibility index (Phi) is 6.84. The normalized spacial score (nSPS) is 10.7. The molecule has 7 nitrogen and oxygen atoms in total. The van der Waals surface area contributed by atoms with Crippen molar-refractivity contribution in [2.75, 3.05) is 27.9 Å². The number of methoxy groups -OCH3 is 3. The lowest BCUT2D eigenvalue weighted by molar-refractivity contribution is -0.120. The fourth-order valence-corrected chi connectivity index (χ4v) is 3.61. The molecule has 0 aliphatic rings. The second kappa shape index (κ2) is 9.55. The Morgan fingerprint density at radius 3 is 2.35 bits per heavy atom. The maximum atomic E-state index is 12.5. The molecule has 1 aromatic heterocycles. The van der Waals surface area contributed by atoms with Crippen LogP contribution in [0.1, 0.15) is 22.3 Å². The van der Waals surface area contributed by atoms with Gasteiger partial charge in [0.2, 0.25) is 5.91 Å². The van der Waals surface area contributed by atoms with E-state index in [-0.39, 0.29) is 12.3 Å². The van der Waals surface area contributed by atoms with E-state index in [9.17, 15) is 9.59 Å². The van der Waals surface area contributed by atoms with Crippen molar-refractivity contribution in [2.24, 2.45) is 0 Å². The minimum atomic E-state index is -0.507. The lowest BCUT2D eigenvalue weighted by Gasteiger charge is -2.12. The van der Waals surface area contributed by atoms with E-state index in [0.29, 0.717) is 52.3 Å². The van der Waals surface area contributed by atoms with Crippen molar-refractivity contribution in [3.8, 4) is 17.2 Å². The van der Waals surface area contributed by atoms with E-state index in [0.717, 1.165) is 11.1 Å². The van der Waals surface area contributed by atoms with Gasteiger partial charge in [-0.1, -0.05) is 6.07 Å². The monoisotopic (exact) mass is 425 g/mol. The molecule has 2 aromatic carbocycles. The molecule has 0 aliphatic heterocycles. The Labute approximate surface area is 180 Å². The smallest absolute Gasteiger partial charge is 0.340 e. The fourth-order valence-electron chi connectivity index (χ4n) is 3.61. The number of nitrogens with one attached hydrogen (secondary N) is 1. The summed E-state index contributed by atoms with van der Waals surface area (Å²) in [5.74, 6) is 1.66. The molecule has 7 heteroatoms. The van der Waals surface area contributed by atoms with Gasteiger partial charge in [-0.3, -0.25) is 4.79 Å². The number of aryl methyl sites for hydroxylation is 2. The summed E-state index contributed by atoms with van der Waals surface area (Å²) in [5.41, 5.74) is 2.90. The number of ether oxygens (including phenoxy) is 3. The van der Waals surface area contributed by atoms with Gasteiger partial charge in [-0.15, -0.1) is 0 Å². The third kappa shape index (κ3) is 4.82. The molecule has 3 rings (SSSR count). The van der Waals surface area contributed by atoms with Crippen LogP contribution in [0.4, 0.5) is 0 Å². The number of rotatable bonds is 8. The zero-order valence-corrected chi connectivity index (χ0v) is 18.5. The molecule has 0 radical (unpaired) electrons. The van der Waals surface area contributed by atoms with Crippen LogP contribution in [0, 0.1) is 13.8 Å². The predicted molar refractivity (Wildman–Crippen MR) is 118 cm³/mol. The minimum Gasteiger partial charge on any atom is -0.496 e. The highest BCUT2D eigenvalue weighted by atomic mass is 16.5. The topological polar surface area (TPSA) is 87.0 Å². The van der Waals surface area contributed by atoms with Gasteiger partial charge < -0.3 is 23.9 Å². The average molecular weight is 425 g/mol. The molecule has 0 atom stereocenters. The molecule has 0 saturated heterocycles. The SMILES string of the molecule is COc1ccc(CCNC(=O)Cc2c(C)c3c(OC)cc(C)cc3oc2=O)cc1OC. The van der Waals surface area contributed by atoms with Gasteiger partial charge in [0.1, 0.15) is 11.3 Å². The Morgan fingerprint density at radius 1 is 0.968 bits per heavy atom. The zero-order valence-electron chi connectivity index (χ0n) is 18.5. The van der Waals surface area contributed by atoms with E-state index in [1.807, 2.05) is 38.1 Å². The van der Waals surface area contributed by atoms with E-state index in [1.54, 1.807) is 27.4 Å². The number of fused-ring (bicyclic) bond motifs is 1. The Morgan fingerprint density at radius 2 is 1.68 bits per heavy atom. The number of carbonyl (C=O) groups excluding carboxylic acids is 1. The molecule has 164 valence electrons. The van der Waals surface area contributed by atoms with Crippen LogP contribution in [0.25, 0.3) is 11.0 Å². The van der Waals surface area contributed by atoms with Crippen LogP contribution in [0.15, 0.2) is 39.5 Å². The van der Waals surface area contributed by atoms with Crippen LogP contribution < -0.4 is 25.2 Å².